The highest BCUT2D eigenvalue weighted by Gasteiger charge is 2.17. The third-order valence-corrected chi connectivity index (χ3v) is 3.90. The number of aromatic nitrogens is 2. The van der Waals surface area contributed by atoms with Crippen LogP contribution in [0.4, 0.5) is 14.5 Å². The van der Waals surface area contributed by atoms with Crippen molar-refractivity contribution in [1.82, 2.24) is 9.78 Å². The summed E-state index contributed by atoms with van der Waals surface area (Å²) in [6, 6.07) is 6.88. The van der Waals surface area contributed by atoms with Crippen molar-refractivity contribution in [3.05, 3.63) is 51.4 Å². The fraction of sp³-hybridized carbons (Fsp3) is 0.154. The van der Waals surface area contributed by atoms with Gasteiger partial charge in [-0.3, -0.25) is 9.59 Å². The summed E-state index contributed by atoms with van der Waals surface area (Å²) < 4.78 is 26.2. The summed E-state index contributed by atoms with van der Waals surface area (Å²) in [5.74, 6) is -3.31. The lowest BCUT2D eigenvalue weighted by atomic mass is 10.3. The molecule has 0 aliphatic carbocycles. The molecule has 0 aliphatic heterocycles. The molecule has 0 radical (unpaired) electrons. The molecule has 0 unspecified atom stereocenters. The SMILES string of the molecule is Cn1nc(C(=O)Nc2cccc(Cl)c2SC(F)F)ccc1=O. The number of hydrogen-bond donors (Lipinski definition) is 1. The van der Waals surface area contributed by atoms with E-state index in [1.54, 1.807) is 0 Å². The second kappa shape index (κ2) is 6.89. The minimum atomic E-state index is -2.67. The normalized spacial score (nSPS) is 10.8. The van der Waals surface area contributed by atoms with Gasteiger partial charge < -0.3 is 5.32 Å². The first kappa shape index (κ1) is 16.4. The molecule has 0 spiro atoms. The number of rotatable bonds is 4. The van der Waals surface area contributed by atoms with E-state index < -0.39 is 11.7 Å². The van der Waals surface area contributed by atoms with Gasteiger partial charge in [-0.05, 0) is 18.2 Å². The predicted molar refractivity (Wildman–Crippen MR) is 80.7 cm³/mol. The van der Waals surface area contributed by atoms with Gasteiger partial charge in [-0.25, -0.2) is 4.68 Å². The minimum Gasteiger partial charge on any atom is -0.320 e. The van der Waals surface area contributed by atoms with E-state index >= 15 is 0 Å². The molecule has 1 aromatic heterocycles. The Hall–Kier alpha value is -1.93. The van der Waals surface area contributed by atoms with Gasteiger partial charge in [-0.15, -0.1) is 0 Å². The largest absolute Gasteiger partial charge is 0.320 e. The van der Waals surface area contributed by atoms with E-state index in [0.29, 0.717) is 0 Å². The first-order valence-electron chi connectivity index (χ1n) is 5.97. The molecule has 1 aromatic carbocycles. The van der Waals surface area contributed by atoms with Crippen molar-refractivity contribution in [1.29, 1.82) is 0 Å². The van der Waals surface area contributed by atoms with Crippen molar-refractivity contribution in [3.63, 3.8) is 0 Å². The molecule has 0 saturated heterocycles. The molecule has 1 amide bonds. The molecule has 1 N–H and O–H groups in total. The first-order chi connectivity index (χ1) is 10.4. The highest BCUT2D eigenvalue weighted by atomic mass is 35.5. The number of carbonyl (C=O) groups is 1. The summed E-state index contributed by atoms with van der Waals surface area (Å²) in [5.41, 5.74) is -0.234. The summed E-state index contributed by atoms with van der Waals surface area (Å²) in [6.45, 7) is 0. The third-order valence-electron chi connectivity index (χ3n) is 2.62. The Balaban J connectivity index is 2.30. The standard InChI is InChI=1S/C13H10ClF2N3O2S/c1-19-10(20)6-5-9(18-19)12(21)17-8-4-2-3-7(14)11(8)22-13(15)16/h2-6,13H,1H3,(H,17,21). The van der Waals surface area contributed by atoms with Gasteiger partial charge in [-0.1, -0.05) is 29.4 Å². The fourth-order valence-corrected chi connectivity index (χ4v) is 2.54. The Morgan fingerprint density at radius 3 is 2.73 bits per heavy atom. The van der Waals surface area contributed by atoms with Crippen LogP contribution < -0.4 is 10.9 Å². The quantitative estimate of drug-likeness (QED) is 0.865. The molecule has 22 heavy (non-hydrogen) atoms. The molecular weight excluding hydrogens is 336 g/mol. The van der Waals surface area contributed by atoms with E-state index in [4.69, 9.17) is 11.6 Å². The van der Waals surface area contributed by atoms with Gasteiger partial charge in [0.1, 0.15) is 5.69 Å². The minimum absolute atomic E-state index is 0.0185. The van der Waals surface area contributed by atoms with Crippen LogP contribution in [0, 0.1) is 0 Å². The number of benzene rings is 1. The molecule has 0 saturated carbocycles. The van der Waals surface area contributed by atoms with Crippen LogP contribution in [0.3, 0.4) is 0 Å². The van der Waals surface area contributed by atoms with Crippen molar-refractivity contribution in [3.8, 4) is 0 Å². The highest BCUT2D eigenvalue weighted by molar-refractivity contribution is 7.99. The zero-order valence-electron chi connectivity index (χ0n) is 11.2. The van der Waals surface area contributed by atoms with Crippen LogP contribution in [0.25, 0.3) is 0 Å². The number of nitrogens with zero attached hydrogens (tertiary/aromatic N) is 2. The molecule has 9 heteroatoms. The van der Waals surface area contributed by atoms with Gasteiger partial charge >= 0.3 is 0 Å². The molecular formula is C13H10ClF2N3O2S. The van der Waals surface area contributed by atoms with Gasteiger partial charge in [0.25, 0.3) is 17.2 Å². The topological polar surface area (TPSA) is 64.0 Å². The molecule has 0 bridgehead atoms. The van der Waals surface area contributed by atoms with Crippen molar-refractivity contribution in [2.45, 2.75) is 10.7 Å². The van der Waals surface area contributed by atoms with Gasteiger partial charge in [0.15, 0.2) is 0 Å². The maximum atomic E-state index is 12.6. The number of amides is 1. The number of hydrogen-bond acceptors (Lipinski definition) is 4. The van der Waals surface area contributed by atoms with Crippen LogP contribution in [0.1, 0.15) is 10.5 Å². The summed E-state index contributed by atoms with van der Waals surface area (Å²) >= 11 is 6.12. The number of nitrogens with one attached hydrogen (secondary N) is 1. The smallest absolute Gasteiger partial charge is 0.289 e. The summed E-state index contributed by atoms with van der Waals surface area (Å²) in [5, 5.41) is 6.36. The van der Waals surface area contributed by atoms with Crippen LogP contribution >= 0.6 is 23.4 Å². The Morgan fingerprint density at radius 2 is 2.09 bits per heavy atom. The van der Waals surface area contributed by atoms with E-state index in [9.17, 15) is 18.4 Å². The van der Waals surface area contributed by atoms with Crippen LogP contribution in [0.2, 0.25) is 5.02 Å². The van der Waals surface area contributed by atoms with E-state index in [-0.39, 0.29) is 38.6 Å². The second-order valence-electron chi connectivity index (χ2n) is 4.13. The maximum Gasteiger partial charge on any atom is 0.289 e. The van der Waals surface area contributed by atoms with Crippen LogP contribution in [0.15, 0.2) is 40.0 Å². The van der Waals surface area contributed by atoms with Crippen LogP contribution in [-0.4, -0.2) is 21.4 Å². The van der Waals surface area contributed by atoms with Gasteiger partial charge in [0.05, 0.1) is 15.6 Å². The molecule has 5 nitrogen and oxygen atoms in total. The van der Waals surface area contributed by atoms with E-state index in [1.165, 1.54) is 37.4 Å². The monoisotopic (exact) mass is 345 g/mol. The number of aryl methyl sites for hydroxylation is 1. The molecule has 0 aliphatic rings. The zero-order chi connectivity index (χ0) is 16.3. The summed E-state index contributed by atoms with van der Waals surface area (Å²) in [7, 11) is 1.40. The summed E-state index contributed by atoms with van der Waals surface area (Å²) in [6.07, 6.45) is 0. The maximum absolute atomic E-state index is 12.6. The average Bonchev–Trinajstić information content (AvgIpc) is 2.45. The molecule has 2 rings (SSSR count). The third kappa shape index (κ3) is 3.83. The number of alkyl halides is 2. The summed E-state index contributed by atoms with van der Waals surface area (Å²) in [4.78, 5) is 23.4. The molecule has 116 valence electrons. The van der Waals surface area contributed by atoms with Gasteiger partial charge in [0, 0.05) is 13.1 Å². The second-order valence-corrected chi connectivity index (χ2v) is 5.54. The van der Waals surface area contributed by atoms with E-state index in [1.807, 2.05) is 0 Å². The fourth-order valence-electron chi connectivity index (χ4n) is 1.63. The number of anilines is 1. The lowest BCUT2D eigenvalue weighted by Gasteiger charge is -2.11. The number of halogens is 3. The van der Waals surface area contributed by atoms with E-state index in [2.05, 4.69) is 10.4 Å². The van der Waals surface area contributed by atoms with Crippen molar-refractivity contribution in [2.75, 3.05) is 5.32 Å². The van der Waals surface area contributed by atoms with Crippen LogP contribution in [0.5, 0.6) is 0 Å². The Bertz CT molecular complexity index is 767. The zero-order valence-corrected chi connectivity index (χ0v) is 12.8. The van der Waals surface area contributed by atoms with Crippen molar-refractivity contribution >= 4 is 35.0 Å². The Morgan fingerprint density at radius 1 is 1.36 bits per heavy atom. The average molecular weight is 346 g/mol. The lowest BCUT2D eigenvalue weighted by Crippen LogP contribution is -2.23. The highest BCUT2D eigenvalue weighted by Crippen LogP contribution is 2.37. The van der Waals surface area contributed by atoms with Crippen molar-refractivity contribution in [2.24, 2.45) is 7.05 Å². The molecule has 2 aromatic rings. The molecule has 0 fully saturated rings. The van der Waals surface area contributed by atoms with Gasteiger partial charge in [-0.2, -0.15) is 13.9 Å². The molecule has 0 atom stereocenters. The van der Waals surface area contributed by atoms with Gasteiger partial charge in [0.2, 0.25) is 0 Å². The number of thioether (sulfide) groups is 1. The first-order valence-corrected chi connectivity index (χ1v) is 7.23. The Kier molecular flexibility index (Phi) is 5.15. The molecule has 1 heterocycles. The number of carbonyl (C=O) groups excluding carboxylic acids is 1. The van der Waals surface area contributed by atoms with Crippen molar-refractivity contribution < 1.29 is 13.6 Å². The van der Waals surface area contributed by atoms with E-state index in [0.717, 1.165) is 4.68 Å². The Labute approximate surface area is 133 Å². The predicted octanol–water partition coefficient (Wildman–Crippen LogP) is 3.00. The lowest BCUT2D eigenvalue weighted by molar-refractivity contribution is 0.102. The van der Waals surface area contributed by atoms with Crippen LogP contribution in [-0.2, 0) is 7.05 Å².